The summed E-state index contributed by atoms with van der Waals surface area (Å²) >= 11 is 0. The number of azo groups is 1. The minimum Gasteiger partial charge on any atom is -0.505 e. The number of carbonyl (C=O) groups is 1. The van der Waals surface area contributed by atoms with Gasteiger partial charge in [0.25, 0.3) is 20.2 Å². The summed E-state index contributed by atoms with van der Waals surface area (Å²) in [7, 11) is -9.31. The Labute approximate surface area is 236 Å². The van der Waals surface area contributed by atoms with E-state index in [0.717, 1.165) is 12.1 Å². The maximum Gasteiger partial charge on any atom is 0.308 e. The van der Waals surface area contributed by atoms with Crippen LogP contribution in [-0.2, 0) is 29.8 Å². The molecule has 41 heavy (non-hydrogen) atoms. The van der Waals surface area contributed by atoms with E-state index >= 15 is 0 Å². The lowest BCUT2D eigenvalue weighted by Crippen LogP contribution is -2.18. The Balaban J connectivity index is 1.75. The van der Waals surface area contributed by atoms with Gasteiger partial charge in [-0.25, -0.2) is 0 Å². The molecule has 1 atom stereocenters. The summed E-state index contributed by atoms with van der Waals surface area (Å²) in [5.41, 5.74) is -0.180. The van der Waals surface area contributed by atoms with Crippen LogP contribution in [0.5, 0.6) is 5.75 Å². The van der Waals surface area contributed by atoms with Crippen molar-refractivity contribution < 1.29 is 40.6 Å². The van der Waals surface area contributed by atoms with Crippen molar-refractivity contribution in [2.45, 2.75) is 30.1 Å². The number of aromatic hydroxyl groups is 1. The third kappa shape index (κ3) is 6.62. The molecule has 0 fully saturated rings. The zero-order chi connectivity index (χ0) is 29.9. The van der Waals surface area contributed by atoms with Crippen molar-refractivity contribution in [2.75, 3.05) is 18.5 Å². The monoisotopic (exact) mass is 601 g/mol. The Morgan fingerprint density at radius 2 is 1.59 bits per heavy atom. The predicted octanol–water partition coefficient (Wildman–Crippen LogP) is 5.61. The van der Waals surface area contributed by atoms with Crippen LogP contribution in [0.2, 0.25) is 0 Å². The third-order valence-corrected chi connectivity index (χ3v) is 8.18. The van der Waals surface area contributed by atoms with Crippen LogP contribution in [0.4, 0.5) is 17.1 Å². The van der Waals surface area contributed by atoms with Crippen LogP contribution < -0.4 is 5.32 Å². The van der Waals surface area contributed by atoms with Crippen molar-refractivity contribution in [2.24, 2.45) is 16.1 Å². The van der Waals surface area contributed by atoms with E-state index in [2.05, 4.69) is 15.5 Å². The summed E-state index contributed by atoms with van der Waals surface area (Å²) in [6.45, 7) is 3.57. The Morgan fingerprint density at radius 3 is 2.27 bits per heavy atom. The van der Waals surface area contributed by atoms with Crippen molar-refractivity contribution in [3.63, 3.8) is 0 Å². The van der Waals surface area contributed by atoms with Gasteiger partial charge in [0.1, 0.15) is 22.9 Å². The molecule has 0 saturated heterocycles. The highest BCUT2D eigenvalue weighted by atomic mass is 32.2. The van der Waals surface area contributed by atoms with E-state index in [4.69, 9.17) is 4.74 Å². The van der Waals surface area contributed by atoms with Crippen molar-refractivity contribution in [3.05, 3.63) is 60.7 Å². The summed E-state index contributed by atoms with van der Waals surface area (Å²) < 4.78 is 72.8. The van der Waals surface area contributed by atoms with Crippen LogP contribution in [0, 0.1) is 5.92 Å². The van der Waals surface area contributed by atoms with Gasteiger partial charge in [-0.3, -0.25) is 13.9 Å². The number of phenols is 1. The number of esters is 1. The smallest absolute Gasteiger partial charge is 0.308 e. The molecule has 0 spiro atoms. The molecule has 1 unspecified atom stereocenters. The quantitative estimate of drug-likeness (QED) is 0.0768. The molecule has 4 aromatic carbocycles. The topological polar surface area (TPSA) is 192 Å². The molecular formula is C27H27N3O9S2. The molecule has 0 aliphatic heterocycles. The van der Waals surface area contributed by atoms with E-state index < -0.39 is 41.7 Å². The minimum atomic E-state index is -4.70. The van der Waals surface area contributed by atoms with Gasteiger partial charge < -0.3 is 15.2 Å². The maximum absolute atomic E-state index is 12.2. The van der Waals surface area contributed by atoms with E-state index in [1.165, 1.54) is 24.3 Å². The molecule has 0 heterocycles. The maximum atomic E-state index is 12.2. The van der Waals surface area contributed by atoms with Crippen molar-refractivity contribution in [1.82, 2.24) is 0 Å². The third-order valence-electron chi connectivity index (χ3n) is 6.40. The lowest BCUT2D eigenvalue weighted by atomic mass is 10.1. The number of hydrogen-bond donors (Lipinski definition) is 4. The lowest BCUT2D eigenvalue weighted by molar-refractivity contribution is -0.147. The number of phenolic OH excluding ortho intramolecular Hbond substituents is 1. The van der Waals surface area contributed by atoms with Gasteiger partial charge in [-0.2, -0.15) is 16.8 Å². The molecule has 4 aromatic rings. The van der Waals surface area contributed by atoms with Crippen LogP contribution in [0.3, 0.4) is 0 Å². The Kier molecular flexibility index (Phi) is 8.58. The van der Waals surface area contributed by atoms with Gasteiger partial charge in [0.15, 0.2) is 5.75 Å². The SMILES string of the molecule is CCC(C)C(=O)OCCNc1cc(S(=O)(=O)O)cc2ccc(N=Nc3ccc4ccccc4c3S(=O)(=O)O)c(O)c12. The fourth-order valence-corrected chi connectivity index (χ4v) is 5.49. The first kappa shape index (κ1) is 29.9. The van der Waals surface area contributed by atoms with Gasteiger partial charge in [0.2, 0.25) is 0 Å². The fourth-order valence-electron chi connectivity index (χ4n) is 4.11. The zero-order valence-electron chi connectivity index (χ0n) is 22.0. The highest BCUT2D eigenvalue weighted by molar-refractivity contribution is 7.86. The number of hydrogen-bond acceptors (Lipinski definition) is 10. The number of nitrogens with one attached hydrogen (secondary N) is 1. The summed E-state index contributed by atoms with van der Waals surface area (Å²) in [5, 5.41) is 23.1. The van der Waals surface area contributed by atoms with E-state index in [0.29, 0.717) is 11.8 Å². The molecule has 4 rings (SSSR count). The Morgan fingerprint density at radius 1 is 0.927 bits per heavy atom. The van der Waals surface area contributed by atoms with Gasteiger partial charge in [-0.05, 0) is 41.5 Å². The number of carbonyl (C=O) groups excluding carboxylic acids is 1. The second kappa shape index (κ2) is 11.8. The van der Waals surface area contributed by atoms with Crippen LogP contribution in [0.25, 0.3) is 21.5 Å². The highest BCUT2D eigenvalue weighted by Gasteiger charge is 2.21. The molecule has 0 aliphatic carbocycles. The van der Waals surface area contributed by atoms with Gasteiger partial charge >= 0.3 is 5.97 Å². The summed E-state index contributed by atoms with van der Waals surface area (Å²) in [6.07, 6.45) is 0.601. The molecule has 4 N–H and O–H groups in total. The summed E-state index contributed by atoms with van der Waals surface area (Å²) in [5.74, 6) is -1.12. The lowest BCUT2D eigenvalue weighted by Gasteiger charge is -2.15. The van der Waals surface area contributed by atoms with E-state index in [-0.39, 0.29) is 52.3 Å². The standard InChI is InChI=1S/C27H27N3O9S2/c1-3-16(2)27(32)39-13-12-28-23-15-19(40(33,34)35)14-18-9-10-21(25(31)24(18)23)29-30-22-11-8-17-6-4-5-7-20(17)26(22)41(36,37)38/h4-11,14-16,28,31H,3,12-13H2,1-2H3,(H,33,34,35)(H,36,37,38). The molecule has 0 radical (unpaired) electrons. The second-order valence-electron chi connectivity index (χ2n) is 9.19. The number of ether oxygens (including phenoxy) is 1. The minimum absolute atomic E-state index is 0.0478. The highest BCUT2D eigenvalue weighted by Crippen LogP contribution is 2.42. The van der Waals surface area contributed by atoms with Crippen LogP contribution in [-0.4, -0.2) is 50.2 Å². The van der Waals surface area contributed by atoms with E-state index in [1.807, 2.05) is 6.92 Å². The number of anilines is 1. The molecule has 12 nitrogen and oxygen atoms in total. The van der Waals surface area contributed by atoms with Crippen molar-refractivity contribution in [1.29, 1.82) is 0 Å². The first-order chi connectivity index (χ1) is 19.3. The molecule has 0 bridgehead atoms. The molecule has 0 amide bonds. The van der Waals surface area contributed by atoms with E-state index in [9.17, 15) is 35.8 Å². The van der Waals surface area contributed by atoms with Gasteiger partial charge in [-0.15, -0.1) is 10.2 Å². The van der Waals surface area contributed by atoms with Gasteiger partial charge in [-0.1, -0.05) is 50.2 Å². The second-order valence-corrected chi connectivity index (χ2v) is 12.0. The summed E-state index contributed by atoms with van der Waals surface area (Å²) in [6, 6.07) is 14.5. The zero-order valence-corrected chi connectivity index (χ0v) is 23.6. The molecule has 0 aromatic heterocycles. The van der Waals surface area contributed by atoms with Gasteiger partial charge in [0.05, 0.1) is 10.8 Å². The molecule has 0 saturated carbocycles. The van der Waals surface area contributed by atoms with Crippen LogP contribution in [0.1, 0.15) is 20.3 Å². The van der Waals surface area contributed by atoms with Crippen LogP contribution >= 0.6 is 0 Å². The van der Waals surface area contributed by atoms with Crippen molar-refractivity contribution >= 4 is 64.8 Å². The fraction of sp³-hybridized carbons (Fsp3) is 0.222. The Bertz CT molecular complexity index is 1890. The first-order valence-corrected chi connectivity index (χ1v) is 15.3. The molecule has 216 valence electrons. The normalized spacial score (nSPS) is 13.1. The average molecular weight is 602 g/mol. The molecule has 0 aliphatic rings. The number of benzene rings is 4. The first-order valence-electron chi connectivity index (χ1n) is 12.4. The van der Waals surface area contributed by atoms with Crippen molar-refractivity contribution in [3.8, 4) is 5.75 Å². The number of nitrogens with zero attached hydrogens (tertiary/aromatic N) is 2. The summed E-state index contributed by atoms with van der Waals surface area (Å²) in [4.78, 5) is 11.1. The molecular weight excluding hydrogens is 574 g/mol. The average Bonchev–Trinajstić information content (AvgIpc) is 2.92. The predicted molar refractivity (Wildman–Crippen MR) is 152 cm³/mol. The Hall–Kier alpha value is -4.11. The van der Waals surface area contributed by atoms with Gasteiger partial charge in [0, 0.05) is 23.0 Å². The largest absolute Gasteiger partial charge is 0.505 e. The number of fused-ring (bicyclic) bond motifs is 2. The molecule has 14 heteroatoms. The van der Waals surface area contributed by atoms with E-state index in [1.54, 1.807) is 31.2 Å². The number of rotatable bonds is 10. The van der Waals surface area contributed by atoms with Crippen LogP contribution in [0.15, 0.2) is 80.7 Å².